The minimum absolute atomic E-state index is 0.239. The van der Waals surface area contributed by atoms with Crippen molar-refractivity contribution in [2.75, 3.05) is 11.9 Å². The van der Waals surface area contributed by atoms with Crippen molar-refractivity contribution in [3.05, 3.63) is 53.9 Å². The summed E-state index contributed by atoms with van der Waals surface area (Å²) in [6.07, 6.45) is 1.58. The zero-order valence-corrected chi connectivity index (χ0v) is 16.1. The van der Waals surface area contributed by atoms with E-state index in [1.165, 1.54) is 0 Å². The highest BCUT2D eigenvalue weighted by molar-refractivity contribution is 6.10. The number of aromatic nitrogens is 2. The van der Waals surface area contributed by atoms with E-state index < -0.39 is 12.6 Å². The van der Waals surface area contributed by atoms with Gasteiger partial charge in [0, 0.05) is 28.7 Å². The molecule has 2 aromatic carbocycles. The lowest BCUT2D eigenvalue weighted by Gasteiger charge is -2.13. The summed E-state index contributed by atoms with van der Waals surface area (Å²) in [6.45, 7) is 6.40. The van der Waals surface area contributed by atoms with E-state index in [9.17, 15) is 9.59 Å². The van der Waals surface area contributed by atoms with E-state index >= 15 is 0 Å². The van der Waals surface area contributed by atoms with Crippen LogP contribution in [0, 0.1) is 12.8 Å². The second-order valence-corrected chi connectivity index (χ2v) is 7.01. The van der Waals surface area contributed by atoms with Gasteiger partial charge in [-0.15, -0.1) is 0 Å². The van der Waals surface area contributed by atoms with Crippen LogP contribution in [0.1, 0.15) is 29.9 Å². The maximum Gasteiger partial charge on any atom is 0.341 e. The Morgan fingerprint density at radius 3 is 2.57 bits per heavy atom. The van der Waals surface area contributed by atoms with Crippen LogP contribution < -0.4 is 10.1 Å². The third-order valence-electron chi connectivity index (χ3n) is 4.37. The lowest BCUT2D eigenvalue weighted by molar-refractivity contribution is -0.139. The van der Waals surface area contributed by atoms with Crippen LogP contribution in [0.2, 0.25) is 0 Å². The number of carbonyl (C=O) groups excluding carboxylic acids is 1. The summed E-state index contributed by atoms with van der Waals surface area (Å²) in [5, 5.41) is 17.6. The molecule has 1 aromatic heterocycles. The Kier molecular flexibility index (Phi) is 5.63. The van der Waals surface area contributed by atoms with Crippen molar-refractivity contribution >= 4 is 28.3 Å². The van der Waals surface area contributed by atoms with E-state index in [4.69, 9.17) is 9.84 Å². The molecule has 0 atom stereocenters. The molecule has 0 unspecified atom stereocenters. The lowest BCUT2D eigenvalue weighted by Crippen LogP contribution is -2.15. The number of hydrogen-bond acceptors (Lipinski definition) is 4. The van der Waals surface area contributed by atoms with E-state index in [1.807, 2.05) is 35.9 Å². The maximum absolute atomic E-state index is 12.8. The number of benzene rings is 2. The van der Waals surface area contributed by atoms with Gasteiger partial charge in [-0.3, -0.25) is 9.48 Å². The number of carboxylic acids is 1. The molecule has 0 bridgehead atoms. The third-order valence-corrected chi connectivity index (χ3v) is 4.37. The molecule has 0 fully saturated rings. The van der Waals surface area contributed by atoms with Crippen LogP contribution in [0.5, 0.6) is 5.75 Å². The first-order valence-electron chi connectivity index (χ1n) is 9.07. The second-order valence-electron chi connectivity index (χ2n) is 7.01. The highest BCUT2D eigenvalue weighted by Gasteiger charge is 2.17. The standard InChI is InChI=1S/C21H23N3O4/c1-13(2)11-24-14(3)17(10-22-24)21(27)23-18-8-9-19(28-12-20(25)26)16-7-5-4-6-15(16)18/h4-10,13H,11-12H2,1-3H3,(H,23,27)(H,25,26). The van der Waals surface area contributed by atoms with Gasteiger partial charge in [-0.2, -0.15) is 5.10 Å². The summed E-state index contributed by atoms with van der Waals surface area (Å²) in [5.41, 5.74) is 1.96. The van der Waals surface area contributed by atoms with Crippen LogP contribution >= 0.6 is 0 Å². The molecule has 2 N–H and O–H groups in total. The molecule has 0 radical (unpaired) electrons. The molecule has 0 saturated heterocycles. The Morgan fingerprint density at radius 1 is 1.18 bits per heavy atom. The number of ether oxygens (including phenoxy) is 1. The van der Waals surface area contributed by atoms with Gasteiger partial charge in [0.1, 0.15) is 5.75 Å². The summed E-state index contributed by atoms with van der Waals surface area (Å²) in [7, 11) is 0. The number of rotatable bonds is 7. The van der Waals surface area contributed by atoms with Crippen molar-refractivity contribution in [2.24, 2.45) is 5.92 Å². The van der Waals surface area contributed by atoms with Crippen LogP contribution in [0.3, 0.4) is 0 Å². The Bertz CT molecular complexity index is 1020. The summed E-state index contributed by atoms with van der Waals surface area (Å²) in [6, 6.07) is 10.7. The van der Waals surface area contributed by atoms with Gasteiger partial charge in [0.25, 0.3) is 5.91 Å². The zero-order chi connectivity index (χ0) is 20.3. The number of aliphatic carboxylic acids is 1. The Labute approximate surface area is 162 Å². The van der Waals surface area contributed by atoms with Gasteiger partial charge >= 0.3 is 5.97 Å². The average molecular weight is 381 g/mol. The van der Waals surface area contributed by atoms with E-state index in [1.54, 1.807) is 18.3 Å². The van der Waals surface area contributed by atoms with Crippen LogP contribution in [0.4, 0.5) is 5.69 Å². The number of fused-ring (bicyclic) bond motifs is 1. The topological polar surface area (TPSA) is 93.4 Å². The number of anilines is 1. The quantitative estimate of drug-likeness (QED) is 0.651. The molecular weight excluding hydrogens is 358 g/mol. The van der Waals surface area contributed by atoms with E-state index in [-0.39, 0.29) is 5.91 Å². The summed E-state index contributed by atoms with van der Waals surface area (Å²) >= 11 is 0. The van der Waals surface area contributed by atoms with E-state index in [2.05, 4.69) is 24.3 Å². The molecule has 28 heavy (non-hydrogen) atoms. The van der Waals surface area contributed by atoms with E-state index in [0.29, 0.717) is 22.9 Å². The number of hydrogen-bond donors (Lipinski definition) is 2. The molecule has 7 heteroatoms. The second kappa shape index (κ2) is 8.12. The number of carbonyl (C=O) groups is 2. The van der Waals surface area contributed by atoms with Crippen LogP contribution in [-0.4, -0.2) is 33.4 Å². The third kappa shape index (κ3) is 4.14. The van der Waals surface area contributed by atoms with Gasteiger partial charge < -0.3 is 15.2 Å². The molecule has 0 aliphatic carbocycles. The molecule has 7 nitrogen and oxygen atoms in total. The lowest BCUT2D eigenvalue weighted by atomic mass is 10.1. The molecule has 3 rings (SSSR count). The first-order valence-corrected chi connectivity index (χ1v) is 9.07. The molecule has 3 aromatic rings. The highest BCUT2D eigenvalue weighted by atomic mass is 16.5. The maximum atomic E-state index is 12.8. The molecule has 146 valence electrons. The largest absolute Gasteiger partial charge is 0.481 e. The number of amides is 1. The summed E-state index contributed by atoms with van der Waals surface area (Å²) in [5.74, 6) is -0.402. The van der Waals surface area contributed by atoms with Crippen molar-refractivity contribution in [3.63, 3.8) is 0 Å². The molecular formula is C21H23N3O4. The fraction of sp³-hybridized carbons (Fsp3) is 0.286. The van der Waals surface area contributed by atoms with Crippen LogP contribution in [-0.2, 0) is 11.3 Å². The molecule has 1 amide bonds. The number of nitrogens with one attached hydrogen (secondary N) is 1. The van der Waals surface area contributed by atoms with Gasteiger partial charge in [-0.05, 0) is 25.0 Å². The fourth-order valence-corrected chi connectivity index (χ4v) is 3.03. The molecule has 0 saturated carbocycles. The van der Waals surface area contributed by atoms with Crippen molar-refractivity contribution in [1.29, 1.82) is 0 Å². The molecule has 0 aliphatic rings. The van der Waals surface area contributed by atoms with Gasteiger partial charge in [0.15, 0.2) is 6.61 Å². The molecule has 0 aliphatic heterocycles. The van der Waals surface area contributed by atoms with Crippen molar-refractivity contribution < 1.29 is 19.4 Å². The smallest absolute Gasteiger partial charge is 0.341 e. The normalized spacial score (nSPS) is 11.0. The van der Waals surface area contributed by atoms with Gasteiger partial charge in [-0.1, -0.05) is 38.1 Å². The summed E-state index contributed by atoms with van der Waals surface area (Å²) in [4.78, 5) is 23.6. The van der Waals surface area contributed by atoms with E-state index in [0.717, 1.165) is 23.0 Å². The Balaban J connectivity index is 1.88. The molecule has 0 spiro atoms. The van der Waals surface area contributed by atoms with Crippen molar-refractivity contribution in [3.8, 4) is 5.75 Å². The summed E-state index contributed by atoms with van der Waals surface area (Å²) < 4.78 is 7.19. The number of carboxylic acid groups (broad SMARTS) is 1. The zero-order valence-electron chi connectivity index (χ0n) is 16.1. The van der Waals surface area contributed by atoms with Crippen LogP contribution in [0.25, 0.3) is 10.8 Å². The minimum Gasteiger partial charge on any atom is -0.481 e. The predicted molar refractivity (Wildman–Crippen MR) is 107 cm³/mol. The van der Waals surface area contributed by atoms with Crippen LogP contribution in [0.15, 0.2) is 42.6 Å². The number of nitrogens with zero attached hydrogens (tertiary/aromatic N) is 2. The highest BCUT2D eigenvalue weighted by Crippen LogP contribution is 2.32. The fourth-order valence-electron chi connectivity index (χ4n) is 3.03. The van der Waals surface area contributed by atoms with Gasteiger partial charge in [0.05, 0.1) is 11.8 Å². The first-order chi connectivity index (χ1) is 13.4. The average Bonchev–Trinajstić information content (AvgIpc) is 3.01. The van der Waals surface area contributed by atoms with Gasteiger partial charge in [-0.25, -0.2) is 4.79 Å². The predicted octanol–water partition coefficient (Wildman–Crippen LogP) is 3.72. The first kappa shape index (κ1) is 19.4. The minimum atomic E-state index is -1.05. The van der Waals surface area contributed by atoms with Gasteiger partial charge in [0.2, 0.25) is 0 Å². The molecule has 1 heterocycles. The Morgan fingerprint density at radius 2 is 1.89 bits per heavy atom. The monoisotopic (exact) mass is 381 g/mol. The Hall–Kier alpha value is -3.35. The SMILES string of the molecule is Cc1c(C(=O)Nc2ccc(OCC(=O)O)c3ccccc23)cnn1CC(C)C. The van der Waals surface area contributed by atoms with Crippen molar-refractivity contribution in [1.82, 2.24) is 9.78 Å². The van der Waals surface area contributed by atoms with Crippen molar-refractivity contribution in [2.45, 2.75) is 27.3 Å².